The van der Waals surface area contributed by atoms with E-state index in [-0.39, 0.29) is 17.6 Å². The van der Waals surface area contributed by atoms with Crippen molar-refractivity contribution in [2.75, 3.05) is 32.6 Å². The maximum Gasteiger partial charge on any atom is 0.293 e. The first-order chi connectivity index (χ1) is 10.0. The highest BCUT2D eigenvalue weighted by Crippen LogP contribution is 2.26. The maximum absolute atomic E-state index is 12.5. The minimum Gasteiger partial charge on any atom is -0.383 e. The Labute approximate surface area is 123 Å². The van der Waals surface area contributed by atoms with Crippen molar-refractivity contribution in [3.05, 3.63) is 33.9 Å². The zero-order valence-electron chi connectivity index (χ0n) is 12.2. The number of nitro benzene ring substituents is 1. The van der Waals surface area contributed by atoms with E-state index in [9.17, 15) is 14.9 Å². The van der Waals surface area contributed by atoms with Gasteiger partial charge in [0.25, 0.3) is 11.6 Å². The quantitative estimate of drug-likeness (QED) is 0.677. The van der Waals surface area contributed by atoms with Crippen LogP contribution in [0.3, 0.4) is 0 Å². The van der Waals surface area contributed by atoms with Gasteiger partial charge in [-0.1, -0.05) is 0 Å². The molecule has 1 aromatic carbocycles. The lowest BCUT2D eigenvalue weighted by Crippen LogP contribution is -2.40. The highest BCUT2D eigenvalue weighted by atomic mass is 16.6. The molecular formula is C14H19N3O4. The lowest BCUT2D eigenvalue weighted by atomic mass is 10.1. The topological polar surface area (TPSA) is 84.7 Å². The Hall–Kier alpha value is -2.15. The Morgan fingerprint density at radius 1 is 1.43 bits per heavy atom. The standard InChI is InChI=1S/C14H19N3O4/c1-15-12-4-3-10(9-13(12)17(19)20)14(18)16(2)11-5-7-21-8-6-11/h3-4,9,11,15H,5-8H2,1-2H3. The van der Waals surface area contributed by atoms with Gasteiger partial charge in [0.2, 0.25) is 0 Å². The van der Waals surface area contributed by atoms with Crippen LogP contribution in [0.1, 0.15) is 23.2 Å². The molecule has 0 aromatic heterocycles. The highest BCUT2D eigenvalue weighted by Gasteiger charge is 2.25. The summed E-state index contributed by atoms with van der Waals surface area (Å²) in [6.07, 6.45) is 1.58. The molecule has 0 aliphatic carbocycles. The van der Waals surface area contributed by atoms with Gasteiger partial charge in [0, 0.05) is 45.0 Å². The summed E-state index contributed by atoms with van der Waals surface area (Å²) in [5, 5.41) is 13.8. The molecule has 7 heteroatoms. The van der Waals surface area contributed by atoms with Crippen molar-refractivity contribution in [1.82, 2.24) is 4.90 Å². The number of hydrogen-bond acceptors (Lipinski definition) is 5. The smallest absolute Gasteiger partial charge is 0.293 e. The average Bonchev–Trinajstić information content (AvgIpc) is 2.53. The molecule has 114 valence electrons. The summed E-state index contributed by atoms with van der Waals surface area (Å²) in [5.41, 5.74) is 0.628. The fraction of sp³-hybridized carbons (Fsp3) is 0.500. The van der Waals surface area contributed by atoms with Crippen molar-refractivity contribution >= 4 is 17.3 Å². The summed E-state index contributed by atoms with van der Waals surface area (Å²) >= 11 is 0. The van der Waals surface area contributed by atoms with E-state index in [0.29, 0.717) is 24.5 Å². The van der Waals surface area contributed by atoms with Gasteiger partial charge in [-0.25, -0.2) is 0 Å². The van der Waals surface area contributed by atoms with Gasteiger partial charge < -0.3 is 15.0 Å². The van der Waals surface area contributed by atoms with Gasteiger partial charge >= 0.3 is 0 Å². The zero-order valence-corrected chi connectivity index (χ0v) is 12.2. The van der Waals surface area contributed by atoms with Crippen LogP contribution in [0.4, 0.5) is 11.4 Å². The first-order valence-corrected chi connectivity index (χ1v) is 6.85. The predicted molar refractivity (Wildman–Crippen MR) is 78.6 cm³/mol. The molecule has 21 heavy (non-hydrogen) atoms. The monoisotopic (exact) mass is 293 g/mol. The number of carbonyl (C=O) groups is 1. The summed E-state index contributed by atoms with van der Waals surface area (Å²) in [5.74, 6) is -0.201. The number of nitrogens with zero attached hydrogens (tertiary/aromatic N) is 2. The van der Waals surface area contributed by atoms with Crippen LogP contribution >= 0.6 is 0 Å². The number of benzene rings is 1. The van der Waals surface area contributed by atoms with Crippen LogP contribution in [0, 0.1) is 10.1 Å². The second-order valence-electron chi connectivity index (χ2n) is 5.00. The molecule has 0 radical (unpaired) electrons. The molecule has 0 unspecified atom stereocenters. The van der Waals surface area contributed by atoms with E-state index in [1.807, 2.05) is 0 Å². The van der Waals surface area contributed by atoms with E-state index in [2.05, 4.69) is 5.32 Å². The predicted octanol–water partition coefficient (Wildman–Crippen LogP) is 1.89. The molecular weight excluding hydrogens is 274 g/mol. The SMILES string of the molecule is CNc1ccc(C(=O)N(C)C2CCOCC2)cc1[N+](=O)[O-]. The zero-order chi connectivity index (χ0) is 15.4. The van der Waals surface area contributed by atoms with Crippen molar-refractivity contribution in [3.8, 4) is 0 Å². The van der Waals surface area contributed by atoms with E-state index in [1.54, 1.807) is 31.1 Å². The van der Waals surface area contributed by atoms with Crippen LogP contribution in [0.5, 0.6) is 0 Å². The summed E-state index contributed by atoms with van der Waals surface area (Å²) in [7, 11) is 3.34. The van der Waals surface area contributed by atoms with E-state index in [0.717, 1.165) is 12.8 Å². The first-order valence-electron chi connectivity index (χ1n) is 6.85. The van der Waals surface area contributed by atoms with Crippen LogP contribution in [0.15, 0.2) is 18.2 Å². The molecule has 1 amide bonds. The maximum atomic E-state index is 12.5. The van der Waals surface area contributed by atoms with E-state index >= 15 is 0 Å². The lowest BCUT2D eigenvalue weighted by molar-refractivity contribution is -0.384. The van der Waals surface area contributed by atoms with Crippen LogP contribution in [0.2, 0.25) is 0 Å². The molecule has 1 aliphatic heterocycles. The number of nitrogens with one attached hydrogen (secondary N) is 1. The number of ether oxygens (including phenoxy) is 1. The van der Waals surface area contributed by atoms with Gasteiger partial charge in [-0.15, -0.1) is 0 Å². The third-order valence-electron chi connectivity index (χ3n) is 3.77. The minimum absolute atomic E-state index is 0.0938. The van der Waals surface area contributed by atoms with Gasteiger partial charge in [-0.2, -0.15) is 0 Å². The molecule has 1 aromatic rings. The molecule has 0 saturated carbocycles. The number of rotatable bonds is 4. The highest BCUT2D eigenvalue weighted by molar-refractivity contribution is 5.95. The molecule has 7 nitrogen and oxygen atoms in total. The van der Waals surface area contributed by atoms with Crippen molar-refractivity contribution < 1.29 is 14.5 Å². The van der Waals surface area contributed by atoms with Gasteiger partial charge in [0.15, 0.2) is 0 Å². The van der Waals surface area contributed by atoms with E-state index in [4.69, 9.17) is 4.74 Å². The fourth-order valence-electron chi connectivity index (χ4n) is 2.47. The molecule has 1 fully saturated rings. The third-order valence-corrected chi connectivity index (χ3v) is 3.77. The van der Waals surface area contributed by atoms with E-state index in [1.165, 1.54) is 6.07 Å². The van der Waals surface area contributed by atoms with Gasteiger partial charge in [-0.05, 0) is 25.0 Å². The number of nitro groups is 1. The molecule has 1 saturated heterocycles. The first kappa shape index (κ1) is 15.2. The number of hydrogen-bond donors (Lipinski definition) is 1. The van der Waals surface area contributed by atoms with Crippen LogP contribution in [-0.2, 0) is 4.74 Å². The normalized spacial score (nSPS) is 15.5. The van der Waals surface area contributed by atoms with Crippen LogP contribution < -0.4 is 5.32 Å². The molecule has 0 atom stereocenters. The number of anilines is 1. The summed E-state index contributed by atoms with van der Waals surface area (Å²) in [4.78, 5) is 24.7. The number of carbonyl (C=O) groups excluding carboxylic acids is 1. The summed E-state index contributed by atoms with van der Waals surface area (Å²) < 4.78 is 5.28. The van der Waals surface area contributed by atoms with Crippen LogP contribution in [0.25, 0.3) is 0 Å². The van der Waals surface area contributed by atoms with Crippen molar-refractivity contribution in [1.29, 1.82) is 0 Å². The van der Waals surface area contributed by atoms with E-state index < -0.39 is 4.92 Å². The van der Waals surface area contributed by atoms with Gasteiger partial charge in [0.1, 0.15) is 5.69 Å². The van der Waals surface area contributed by atoms with Crippen molar-refractivity contribution in [2.24, 2.45) is 0 Å². The van der Waals surface area contributed by atoms with Crippen molar-refractivity contribution in [3.63, 3.8) is 0 Å². The third kappa shape index (κ3) is 3.30. The Kier molecular flexibility index (Phi) is 4.74. The fourth-order valence-corrected chi connectivity index (χ4v) is 2.47. The summed E-state index contributed by atoms with van der Waals surface area (Å²) in [6, 6.07) is 4.61. The Bertz CT molecular complexity index is 541. The second kappa shape index (κ2) is 6.53. The summed E-state index contributed by atoms with van der Waals surface area (Å²) in [6.45, 7) is 1.28. The van der Waals surface area contributed by atoms with Gasteiger partial charge in [-0.3, -0.25) is 14.9 Å². The molecule has 0 spiro atoms. The van der Waals surface area contributed by atoms with Crippen LogP contribution in [-0.4, -0.2) is 49.1 Å². The number of amides is 1. The Balaban J connectivity index is 2.22. The van der Waals surface area contributed by atoms with Crippen molar-refractivity contribution in [2.45, 2.75) is 18.9 Å². The Morgan fingerprint density at radius 2 is 2.10 bits per heavy atom. The molecule has 1 heterocycles. The van der Waals surface area contributed by atoms with Gasteiger partial charge in [0.05, 0.1) is 4.92 Å². The molecule has 0 bridgehead atoms. The largest absolute Gasteiger partial charge is 0.383 e. The lowest BCUT2D eigenvalue weighted by Gasteiger charge is -2.31. The molecule has 2 rings (SSSR count). The Morgan fingerprint density at radius 3 is 2.67 bits per heavy atom. The average molecular weight is 293 g/mol. The molecule has 1 N–H and O–H groups in total. The minimum atomic E-state index is -0.489. The second-order valence-corrected chi connectivity index (χ2v) is 5.00. The molecule has 1 aliphatic rings.